The molecule has 0 unspecified atom stereocenters. The van der Waals surface area contributed by atoms with E-state index >= 15 is 0 Å². The Hall–Kier alpha value is -2.96. The van der Waals surface area contributed by atoms with Crippen LogP contribution in [0.25, 0.3) is 16.8 Å². The van der Waals surface area contributed by atoms with Gasteiger partial charge in [-0.1, -0.05) is 20.8 Å². The Morgan fingerprint density at radius 1 is 1.19 bits per heavy atom. The summed E-state index contributed by atoms with van der Waals surface area (Å²) >= 11 is 0. The number of H-pyrrole nitrogens is 1. The Balaban J connectivity index is 2.10. The summed E-state index contributed by atoms with van der Waals surface area (Å²) in [6.45, 7) is 10.4. The number of hydrogen-bond donors (Lipinski definition) is 1. The van der Waals surface area contributed by atoms with E-state index < -0.39 is 35.6 Å². The number of carbonyl (C=O) groups is 1. The molecule has 0 fully saturated rings. The van der Waals surface area contributed by atoms with E-state index in [0.717, 1.165) is 10.6 Å². The molecular formula is C24H32FN3O6SSi. The van der Waals surface area contributed by atoms with E-state index in [9.17, 15) is 22.4 Å². The first-order valence-corrected chi connectivity index (χ1v) is 16.1. The smallest absolute Gasteiger partial charge is 0.342 e. The van der Waals surface area contributed by atoms with Gasteiger partial charge in [0.15, 0.2) is 8.32 Å². The SMILES string of the molecule is COC(=O)c1c(-c2ccc(F)cc2)[nH]n2cc(N(CCO[Si](C)(C)C(C)(C)C)S(C)(=O)=O)c(=O)cc12. The molecule has 0 bridgehead atoms. The lowest BCUT2D eigenvalue weighted by atomic mass is 10.1. The molecule has 2 aromatic heterocycles. The second-order valence-corrected chi connectivity index (χ2v) is 16.8. The van der Waals surface area contributed by atoms with Crippen molar-refractivity contribution >= 4 is 35.5 Å². The highest BCUT2D eigenvalue weighted by molar-refractivity contribution is 7.92. The summed E-state index contributed by atoms with van der Waals surface area (Å²) in [4.78, 5) is 25.7. The number of aromatic amines is 1. The molecule has 3 aromatic rings. The molecule has 196 valence electrons. The average molecular weight is 538 g/mol. The van der Waals surface area contributed by atoms with Crippen molar-refractivity contribution in [3.05, 3.63) is 58.1 Å². The van der Waals surface area contributed by atoms with Crippen LogP contribution in [0.1, 0.15) is 31.1 Å². The summed E-state index contributed by atoms with van der Waals surface area (Å²) in [5, 5.41) is 2.94. The standard InChI is InChI=1S/C24H32FN3O6SSi/c1-24(2,3)36(6,7)34-13-12-28(35(5,31)32)19-15-27-18(14-20(19)29)21(23(30)33-4)22(26-27)16-8-10-17(25)11-9-16/h8-11,14-15,26H,12-13H2,1-7H3. The predicted octanol–water partition coefficient (Wildman–Crippen LogP) is 4.01. The molecule has 0 aliphatic rings. The summed E-state index contributed by atoms with van der Waals surface area (Å²) in [5.41, 5.74) is 0.350. The Kier molecular flexibility index (Phi) is 7.54. The van der Waals surface area contributed by atoms with Crippen LogP contribution in [0, 0.1) is 5.82 Å². The quantitative estimate of drug-likeness (QED) is 0.343. The van der Waals surface area contributed by atoms with Crippen molar-refractivity contribution in [3.63, 3.8) is 0 Å². The maximum absolute atomic E-state index is 13.5. The van der Waals surface area contributed by atoms with E-state index in [1.807, 2.05) is 0 Å². The normalized spacial score (nSPS) is 12.7. The Bertz CT molecular complexity index is 1440. The van der Waals surface area contributed by atoms with Crippen LogP contribution in [0.4, 0.5) is 10.1 Å². The molecule has 0 saturated carbocycles. The first-order chi connectivity index (χ1) is 16.6. The Labute approximate surface area is 211 Å². The second-order valence-electron chi connectivity index (χ2n) is 10.1. The first kappa shape index (κ1) is 27.6. The van der Waals surface area contributed by atoms with Gasteiger partial charge in [-0.05, 0) is 42.4 Å². The van der Waals surface area contributed by atoms with Gasteiger partial charge in [0.05, 0.1) is 43.9 Å². The number of nitrogens with zero attached hydrogens (tertiary/aromatic N) is 2. The van der Waals surface area contributed by atoms with E-state index in [1.165, 1.54) is 48.2 Å². The fourth-order valence-corrected chi connectivity index (χ4v) is 5.43. The van der Waals surface area contributed by atoms with Crippen LogP contribution in [-0.2, 0) is 19.2 Å². The van der Waals surface area contributed by atoms with Crippen molar-refractivity contribution in [2.75, 3.05) is 30.8 Å². The fraction of sp³-hybridized carbons (Fsp3) is 0.417. The molecule has 2 heterocycles. The maximum atomic E-state index is 13.5. The van der Waals surface area contributed by atoms with Crippen LogP contribution >= 0.6 is 0 Å². The van der Waals surface area contributed by atoms with Gasteiger partial charge in [0.1, 0.15) is 17.1 Å². The number of fused-ring (bicyclic) bond motifs is 1. The van der Waals surface area contributed by atoms with E-state index in [4.69, 9.17) is 9.16 Å². The number of anilines is 1. The molecule has 0 amide bonds. The Morgan fingerprint density at radius 2 is 1.81 bits per heavy atom. The highest BCUT2D eigenvalue weighted by Gasteiger charge is 2.37. The number of methoxy groups -OCH3 is 1. The summed E-state index contributed by atoms with van der Waals surface area (Å²) < 4.78 is 52.2. The fourth-order valence-electron chi connectivity index (χ4n) is 3.50. The molecule has 0 aliphatic carbocycles. The maximum Gasteiger partial charge on any atom is 0.342 e. The van der Waals surface area contributed by atoms with Crippen LogP contribution in [0.15, 0.2) is 41.3 Å². The van der Waals surface area contributed by atoms with Gasteiger partial charge in [-0.3, -0.25) is 18.7 Å². The third-order valence-corrected chi connectivity index (χ3v) is 12.2. The topological polar surface area (TPSA) is 110 Å². The van der Waals surface area contributed by atoms with Crippen LogP contribution in [0.2, 0.25) is 18.1 Å². The van der Waals surface area contributed by atoms with Crippen molar-refractivity contribution in [3.8, 4) is 11.3 Å². The van der Waals surface area contributed by atoms with Crippen LogP contribution in [0.3, 0.4) is 0 Å². The molecule has 36 heavy (non-hydrogen) atoms. The number of rotatable bonds is 8. The number of carbonyl (C=O) groups excluding carboxylic acids is 1. The average Bonchev–Trinajstić information content (AvgIpc) is 3.13. The van der Waals surface area contributed by atoms with Gasteiger partial charge in [-0.25, -0.2) is 17.6 Å². The number of pyridine rings is 1. The van der Waals surface area contributed by atoms with Gasteiger partial charge in [-0.2, -0.15) is 0 Å². The second kappa shape index (κ2) is 9.83. The van der Waals surface area contributed by atoms with E-state index in [1.54, 1.807) is 0 Å². The number of benzene rings is 1. The Morgan fingerprint density at radius 3 is 2.33 bits per heavy atom. The summed E-state index contributed by atoms with van der Waals surface area (Å²) in [6, 6.07) is 6.62. The largest absolute Gasteiger partial charge is 0.465 e. The molecule has 12 heteroatoms. The van der Waals surface area contributed by atoms with Crippen molar-refractivity contribution in [2.24, 2.45) is 0 Å². The molecular weight excluding hydrogens is 505 g/mol. The van der Waals surface area contributed by atoms with Crippen molar-refractivity contribution < 1.29 is 26.8 Å². The van der Waals surface area contributed by atoms with Crippen molar-refractivity contribution in [2.45, 2.75) is 38.9 Å². The zero-order valence-electron chi connectivity index (χ0n) is 21.5. The molecule has 0 radical (unpaired) electrons. The van der Waals surface area contributed by atoms with Crippen LogP contribution < -0.4 is 9.73 Å². The minimum atomic E-state index is -3.84. The highest BCUT2D eigenvalue weighted by atomic mass is 32.2. The molecule has 0 spiro atoms. The van der Waals surface area contributed by atoms with Gasteiger partial charge >= 0.3 is 5.97 Å². The number of ether oxygens (including phenoxy) is 1. The number of halogens is 1. The zero-order chi connectivity index (χ0) is 27.1. The summed E-state index contributed by atoms with van der Waals surface area (Å²) in [7, 11) is -4.77. The molecule has 1 N–H and O–H groups in total. The van der Waals surface area contributed by atoms with Gasteiger partial charge in [0.2, 0.25) is 15.5 Å². The molecule has 0 aliphatic heterocycles. The van der Waals surface area contributed by atoms with Crippen LogP contribution in [-0.4, -0.2) is 58.8 Å². The predicted molar refractivity (Wildman–Crippen MR) is 140 cm³/mol. The van der Waals surface area contributed by atoms with E-state index in [2.05, 4.69) is 39.0 Å². The lowest BCUT2D eigenvalue weighted by Crippen LogP contribution is -2.44. The number of sulfonamides is 1. The van der Waals surface area contributed by atoms with Gasteiger partial charge in [-0.15, -0.1) is 0 Å². The first-order valence-electron chi connectivity index (χ1n) is 11.3. The van der Waals surface area contributed by atoms with E-state index in [0.29, 0.717) is 11.3 Å². The highest BCUT2D eigenvalue weighted by Crippen LogP contribution is 2.36. The summed E-state index contributed by atoms with van der Waals surface area (Å²) in [6.07, 6.45) is 2.34. The lowest BCUT2D eigenvalue weighted by Gasteiger charge is -2.36. The third-order valence-electron chi connectivity index (χ3n) is 6.52. The minimum absolute atomic E-state index is 0.0535. The van der Waals surface area contributed by atoms with Gasteiger partial charge in [0, 0.05) is 11.6 Å². The number of hydrogen-bond acceptors (Lipinski definition) is 6. The molecule has 9 nitrogen and oxygen atoms in total. The minimum Gasteiger partial charge on any atom is -0.465 e. The number of aromatic nitrogens is 2. The van der Waals surface area contributed by atoms with Gasteiger partial charge < -0.3 is 9.16 Å². The molecule has 1 aromatic carbocycles. The van der Waals surface area contributed by atoms with Crippen molar-refractivity contribution in [1.82, 2.24) is 9.61 Å². The summed E-state index contributed by atoms with van der Waals surface area (Å²) in [5.74, 6) is -1.15. The van der Waals surface area contributed by atoms with Crippen LogP contribution in [0.5, 0.6) is 0 Å². The third kappa shape index (κ3) is 5.55. The van der Waals surface area contributed by atoms with E-state index in [-0.39, 0.29) is 35.0 Å². The monoisotopic (exact) mass is 537 g/mol. The molecule has 0 saturated heterocycles. The zero-order valence-corrected chi connectivity index (χ0v) is 23.3. The lowest BCUT2D eigenvalue weighted by molar-refractivity contribution is 0.0603. The van der Waals surface area contributed by atoms with Crippen molar-refractivity contribution in [1.29, 1.82) is 0 Å². The number of esters is 1. The molecule has 0 atom stereocenters. The van der Waals surface area contributed by atoms with Gasteiger partial charge in [0.25, 0.3) is 0 Å². The number of nitrogens with one attached hydrogen (secondary N) is 1. The molecule has 3 rings (SSSR count).